The molecule has 1 atom stereocenters. The van der Waals surface area contributed by atoms with Gasteiger partial charge in [-0.3, -0.25) is 4.79 Å². The van der Waals surface area contributed by atoms with Crippen LogP contribution in [0.25, 0.3) is 0 Å². The van der Waals surface area contributed by atoms with Crippen LogP contribution in [0.15, 0.2) is 24.3 Å². The van der Waals surface area contributed by atoms with Gasteiger partial charge in [-0.2, -0.15) is 0 Å². The number of sulfone groups is 1. The van der Waals surface area contributed by atoms with E-state index in [-0.39, 0.29) is 29.6 Å². The first-order valence-electron chi connectivity index (χ1n) is 5.25. The third-order valence-corrected chi connectivity index (χ3v) is 4.34. The summed E-state index contributed by atoms with van der Waals surface area (Å²) in [6, 6.07) is 5.68. The van der Waals surface area contributed by atoms with Crippen molar-refractivity contribution in [3.8, 4) is 5.75 Å². The van der Waals surface area contributed by atoms with Crippen molar-refractivity contribution >= 4 is 15.7 Å². The predicted molar refractivity (Wildman–Crippen MR) is 62.3 cm³/mol. The molecule has 1 aromatic carbocycles. The highest BCUT2D eigenvalue weighted by atomic mass is 32.2. The summed E-state index contributed by atoms with van der Waals surface area (Å²) in [5, 5.41) is 12.0. The van der Waals surface area contributed by atoms with Gasteiger partial charge in [0.15, 0.2) is 9.84 Å². The highest BCUT2D eigenvalue weighted by Crippen LogP contribution is 2.22. The van der Waals surface area contributed by atoms with E-state index in [4.69, 9.17) is 0 Å². The monoisotopic (exact) mass is 255 g/mol. The van der Waals surface area contributed by atoms with Gasteiger partial charge in [-0.15, -0.1) is 0 Å². The predicted octanol–water partition coefficient (Wildman–Crippen LogP) is 0.368. The highest BCUT2D eigenvalue weighted by Gasteiger charge is 2.27. The molecule has 5 nitrogen and oxygen atoms in total. The number of phenolic OH excluding ortho intramolecular Hbond substituents is 1. The van der Waals surface area contributed by atoms with Crippen LogP contribution >= 0.6 is 0 Å². The lowest BCUT2D eigenvalue weighted by molar-refractivity contribution is -0.121. The summed E-state index contributed by atoms with van der Waals surface area (Å²) in [6.45, 7) is 0. The van der Waals surface area contributed by atoms with Crippen molar-refractivity contribution in [3.63, 3.8) is 0 Å². The number of amides is 1. The molecule has 1 amide bonds. The molecular formula is C11H13NO4S. The number of carbonyl (C=O) groups excluding carboxylic acids is 1. The molecule has 0 spiro atoms. The Balaban J connectivity index is 2.33. The summed E-state index contributed by atoms with van der Waals surface area (Å²) in [5.41, 5.74) is 0.601. The van der Waals surface area contributed by atoms with Crippen LogP contribution in [-0.4, -0.2) is 30.9 Å². The molecule has 0 aromatic heterocycles. The SMILES string of the molecule is O=C1CCS(=O)(=O)CC(c2cccc(O)c2)N1. The average molecular weight is 255 g/mol. The highest BCUT2D eigenvalue weighted by molar-refractivity contribution is 7.91. The average Bonchev–Trinajstić information content (AvgIpc) is 2.38. The second-order valence-electron chi connectivity index (χ2n) is 4.08. The third kappa shape index (κ3) is 2.97. The molecule has 0 radical (unpaired) electrons. The van der Waals surface area contributed by atoms with Crippen molar-refractivity contribution < 1.29 is 18.3 Å². The van der Waals surface area contributed by atoms with Gasteiger partial charge in [0.05, 0.1) is 17.5 Å². The molecule has 1 saturated heterocycles. The number of rotatable bonds is 1. The van der Waals surface area contributed by atoms with E-state index < -0.39 is 15.9 Å². The minimum Gasteiger partial charge on any atom is -0.508 e. The molecule has 2 rings (SSSR count). The van der Waals surface area contributed by atoms with Crippen LogP contribution in [-0.2, 0) is 14.6 Å². The summed E-state index contributed by atoms with van der Waals surface area (Å²) < 4.78 is 23.3. The maximum atomic E-state index is 11.6. The van der Waals surface area contributed by atoms with Gasteiger partial charge in [-0.25, -0.2) is 8.42 Å². The zero-order chi connectivity index (χ0) is 12.5. The number of hydrogen-bond acceptors (Lipinski definition) is 4. The molecule has 1 unspecified atom stereocenters. The van der Waals surface area contributed by atoms with Crippen molar-refractivity contribution in [2.45, 2.75) is 12.5 Å². The zero-order valence-electron chi connectivity index (χ0n) is 9.09. The number of benzene rings is 1. The van der Waals surface area contributed by atoms with Gasteiger partial charge < -0.3 is 10.4 Å². The Morgan fingerprint density at radius 3 is 2.82 bits per heavy atom. The number of aromatic hydroxyl groups is 1. The van der Waals surface area contributed by atoms with Crippen molar-refractivity contribution in [2.24, 2.45) is 0 Å². The molecular weight excluding hydrogens is 242 g/mol. The molecule has 0 saturated carbocycles. The van der Waals surface area contributed by atoms with E-state index in [9.17, 15) is 18.3 Å². The second-order valence-corrected chi connectivity index (χ2v) is 6.31. The quantitative estimate of drug-likeness (QED) is 0.759. The summed E-state index contributed by atoms with van der Waals surface area (Å²) in [7, 11) is -3.23. The Morgan fingerprint density at radius 2 is 2.12 bits per heavy atom. The summed E-state index contributed by atoms with van der Waals surface area (Å²) in [5.74, 6) is -0.464. The second kappa shape index (κ2) is 4.37. The van der Waals surface area contributed by atoms with Crippen molar-refractivity contribution in [1.29, 1.82) is 0 Å². The third-order valence-electron chi connectivity index (χ3n) is 2.67. The Labute approximate surface area is 99.4 Å². The van der Waals surface area contributed by atoms with E-state index in [1.165, 1.54) is 12.1 Å². The lowest BCUT2D eigenvalue weighted by Crippen LogP contribution is -2.29. The minimum absolute atomic E-state index is 0.00233. The van der Waals surface area contributed by atoms with E-state index >= 15 is 0 Å². The molecule has 1 fully saturated rings. The fraction of sp³-hybridized carbons (Fsp3) is 0.364. The van der Waals surface area contributed by atoms with Gasteiger partial charge in [-0.05, 0) is 17.7 Å². The normalized spacial score (nSPS) is 23.8. The van der Waals surface area contributed by atoms with Crippen LogP contribution in [0.5, 0.6) is 5.75 Å². The molecule has 1 aliphatic rings. The largest absolute Gasteiger partial charge is 0.508 e. The van der Waals surface area contributed by atoms with Gasteiger partial charge in [0.1, 0.15) is 5.75 Å². The standard InChI is InChI=1S/C11H13NO4S/c13-9-3-1-2-8(6-9)10-7-17(15,16)5-4-11(14)12-10/h1-3,6,10,13H,4-5,7H2,(H,12,14). The van der Waals surface area contributed by atoms with Crippen LogP contribution < -0.4 is 5.32 Å². The van der Waals surface area contributed by atoms with Crippen LogP contribution in [0.2, 0.25) is 0 Å². The van der Waals surface area contributed by atoms with Crippen molar-refractivity contribution in [3.05, 3.63) is 29.8 Å². The van der Waals surface area contributed by atoms with Crippen molar-refractivity contribution in [2.75, 3.05) is 11.5 Å². The maximum absolute atomic E-state index is 11.6. The molecule has 6 heteroatoms. The van der Waals surface area contributed by atoms with E-state index in [1.807, 2.05) is 0 Å². The number of carbonyl (C=O) groups is 1. The van der Waals surface area contributed by atoms with E-state index in [0.717, 1.165) is 0 Å². The van der Waals surface area contributed by atoms with Crippen LogP contribution in [0.3, 0.4) is 0 Å². The van der Waals surface area contributed by atoms with E-state index in [2.05, 4.69) is 5.32 Å². The number of nitrogens with one attached hydrogen (secondary N) is 1. The van der Waals surface area contributed by atoms with E-state index in [1.54, 1.807) is 12.1 Å². The first-order chi connectivity index (χ1) is 7.96. The van der Waals surface area contributed by atoms with Gasteiger partial charge in [0.25, 0.3) is 0 Å². The van der Waals surface area contributed by atoms with Crippen LogP contribution in [0.4, 0.5) is 0 Å². The number of phenols is 1. The smallest absolute Gasteiger partial charge is 0.221 e. The van der Waals surface area contributed by atoms with Crippen LogP contribution in [0, 0.1) is 0 Å². The minimum atomic E-state index is -3.23. The Bertz CT molecular complexity index is 538. The molecule has 1 aliphatic heterocycles. The molecule has 1 aromatic rings. The van der Waals surface area contributed by atoms with Gasteiger partial charge in [-0.1, -0.05) is 12.1 Å². The topological polar surface area (TPSA) is 83.5 Å². The lowest BCUT2D eigenvalue weighted by atomic mass is 10.1. The van der Waals surface area contributed by atoms with Crippen LogP contribution in [0.1, 0.15) is 18.0 Å². The van der Waals surface area contributed by atoms with Gasteiger partial charge in [0.2, 0.25) is 5.91 Å². The first kappa shape index (κ1) is 11.9. The summed E-state index contributed by atoms with van der Waals surface area (Å²) in [6.07, 6.45) is -0.00233. The zero-order valence-corrected chi connectivity index (χ0v) is 9.90. The molecule has 1 heterocycles. The fourth-order valence-electron chi connectivity index (χ4n) is 1.81. The van der Waals surface area contributed by atoms with Gasteiger partial charge in [0, 0.05) is 6.42 Å². The number of hydrogen-bond donors (Lipinski definition) is 2. The Hall–Kier alpha value is -1.56. The first-order valence-corrected chi connectivity index (χ1v) is 7.07. The van der Waals surface area contributed by atoms with Gasteiger partial charge >= 0.3 is 0 Å². The van der Waals surface area contributed by atoms with Crippen molar-refractivity contribution in [1.82, 2.24) is 5.32 Å². The molecule has 2 N–H and O–H groups in total. The maximum Gasteiger partial charge on any atom is 0.221 e. The summed E-state index contributed by atoms with van der Waals surface area (Å²) in [4.78, 5) is 11.4. The molecule has 17 heavy (non-hydrogen) atoms. The van der Waals surface area contributed by atoms with E-state index in [0.29, 0.717) is 5.56 Å². The Kier molecular flexibility index (Phi) is 3.06. The molecule has 92 valence electrons. The Morgan fingerprint density at radius 1 is 1.35 bits per heavy atom. The fourth-order valence-corrected chi connectivity index (χ4v) is 3.26. The molecule has 0 bridgehead atoms. The summed E-state index contributed by atoms with van der Waals surface area (Å²) >= 11 is 0. The lowest BCUT2D eigenvalue weighted by Gasteiger charge is -2.15. The molecule has 0 aliphatic carbocycles.